The van der Waals surface area contributed by atoms with E-state index in [-0.39, 0.29) is 6.04 Å². The second kappa shape index (κ2) is 7.07. The molecule has 1 unspecified atom stereocenters. The summed E-state index contributed by atoms with van der Waals surface area (Å²) in [4.78, 5) is 15.9. The highest BCUT2D eigenvalue weighted by Crippen LogP contribution is 2.25. The number of ether oxygens (including phenoxy) is 1. The minimum absolute atomic E-state index is 0.0651. The van der Waals surface area contributed by atoms with Crippen LogP contribution >= 0.6 is 0 Å². The second-order valence-electron chi connectivity index (χ2n) is 6.88. The van der Waals surface area contributed by atoms with Gasteiger partial charge in [-0.05, 0) is 41.5 Å². The highest BCUT2D eigenvalue weighted by atomic mass is 16.6. The molecule has 0 saturated heterocycles. The first-order valence-electron chi connectivity index (χ1n) is 8.09. The van der Waals surface area contributed by atoms with Crippen LogP contribution in [0, 0.1) is 13.8 Å². The average molecular weight is 334 g/mol. The first kappa shape index (κ1) is 18.0. The van der Waals surface area contributed by atoms with E-state index in [4.69, 9.17) is 9.26 Å². The fourth-order valence-corrected chi connectivity index (χ4v) is 2.71. The van der Waals surface area contributed by atoms with Gasteiger partial charge in [-0.1, -0.05) is 5.16 Å². The van der Waals surface area contributed by atoms with Crippen molar-refractivity contribution in [1.82, 2.24) is 20.0 Å². The fraction of sp³-hybridized carbons (Fsp3) is 0.588. The van der Waals surface area contributed by atoms with Crippen molar-refractivity contribution >= 4 is 6.09 Å². The zero-order chi connectivity index (χ0) is 17.9. The molecule has 132 valence electrons. The highest BCUT2D eigenvalue weighted by Gasteiger charge is 2.20. The van der Waals surface area contributed by atoms with E-state index in [1.54, 1.807) is 6.33 Å². The number of hydrogen-bond acceptors (Lipinski definition) is 5. The monoisotopic (exact) mass is 334 g/mol. The van der Waals surface area contributed by atoms with E-state index in [0.29, 0.717) is 13.0 Å². The first-order valence-corrected chi connectivity index (χ1v) is 8.09. The van der Waals surface area contributed by atoms with Gasteiger partial charge in [-0.15, -0.1) is 0 Å². The van der Waals surface area contributed by atoms with Gasteiger partial charge in [-0.25, -0.2) is 9.78 Å². The Morgan fingerprint density at radius 1 is 1.42 bits per heavy atom. The number of amides is 1. The summed E-state index contributed by atoms with van der Waals surface area (Å²) in [6.45, 7) is 11.9. The minimum Gasteiger partial charge on any atom is -0.444 e. The molecule has 0 aliphatic heterocycles. The van der Waals surface area contributed by atoms with Crippen molar-refractivity contribution in [2.24, 2.45) is 0 Å². The maximum atomic E-state index is 11.7. The third kappa shape index (κ3) is 4.37. The predicted octanol–water partition coefficient (Wildman–Crippen LogP) is 3.16. The zero-order valence-corrected chi connectivity index (χ0v) is 15.2. The van der Waals surface area contributed by atoms with Crippen molar-refractivity contribution in [3.8, 4) is 0 Å². The summed E-state index contributed by atoms with van der Waals surface area (Å²) < 4.78 is 12.6. The summed E-state index contributed by atoms with van der Waals surface area (Å²) in [6, 6.07) is 0.0651. The number of imidazole rings is 1. The van der Waals surface area contributed by atoms with Crippen molar-refractivity contribution in [2.75, 3.05) is 6.54 Å². The fourth-order valence-electron chi connectivity index (χ4n) is 2.71. The van der Waals surface area contributed by atoms with Crippen LogP contribution in [0.15, 0.2) is 17.0 Å². The molecule has 1 atom stereocenters. The van der Waals surface area contributed by atoms with Crippen LogP contribution in [-0.4, -0.2) is 32.9 Å². The number of rotatable bonds is 5. The summed E-state index contributed by atoms with van der Waals surface area (Å²) >= 11 is 0. The SMILES string of the molecule is Cc1noc(C)c1C(C)n1cncc1CCNC(=O)OC(C)(C)C. The largest absolute Gasteiger partial charge is 0.444 e. The molecule has 2 rings (SSSR count). The standard InChI is InChI=1S/C17H26N4O3/c1-11-15(13(3)24-20-11)12(2)21-10-18-9-14(21)7-8-19-16(22)23-17(4,5)6/h9-10,12H,7-8H2,1-6H3,(H,19,22). The van der Waals surface area contributed by atoms with Crippen LogP contribution in [0.4, 0.5) is 4.79 Å². The molecule has 2 aromatic rings. The van der Waals surface area contributed by atoms with Crippen LogP contribution in [0.5, 0.6) is 0 Å². The van der Waals surface area contributed by atoms with Gasteiger partial charge in [-0.3, -0.25) is 0 Å². The maximum Gasteiger partial charge on any atom is 0.407 e. The molecule has 0 fully saturated rings. The maximum absolute atomic E-state index is 11.7. The van der Waals surface area contributed by atoms with Gasteiger partial charge in [0.2, 0.25) is 0 Å². The number of aryl methyl sites for hydroxylation is 2. The Morgan fingerprint density at radius 2 is 2.12 bits per heavy atom. The Bertz CT molecular complexity index is 677. The third-order valence-electron chi connectivity index (χ3n) is 3.72. The molecule has 1 N–H and O–H groups in total. The van der Waals surface area contributed by atoms with E-state index < -0.39 is 11.7 Å². The number of aromatic nitrogens is 3. The van der Waals surface area contributed by atoms with Gasteiger partial charge in [0.1, 0.15) is 11.4 Å². The molecule has 0 saturated carbocycles. The molecule has 24 heavy (non-hydrogen) atoms. The van der Waals surface area contributed by atoms with Crippen molar-refractivity contribution in [1.29, 1.82) is 0 Å². The van der Waals surface area contributed by atoms with Crippen LogP contribution < -0.4 is 5.32 Å². The van der Waals surface area contributed by atoms with E-state index in [0.717, 1.165) is 22.7 Å². The van der Waals surface area contributed by atoms with Gasteiger partial charge in [0.15, 0.2) is 0 Å². The van der Waals surface area contributed by atoms with E-state index in [1.807, 2.05) is 40.8 Å². The number of nitrogens with zero attached hydrogens (tertiary/aromatic N) is 3. The lowest BCUT2D eigenvalue weighted by molar-refractivity contribution is 0.0528. The predicted molar refractivity (Wildman–Crippen MR) is 90.0 cm³/mol. The summed E-state index contributed by atoms with van der Waals surface area (Å²) in [6.07, 6.45) is 3.85. The van der Waals surface area contributed by atoms with Crippen LogP contribution in [0.2, 0.25) is 0 Å². The molecule has 7 heteroatoms. The third-order valence-corrected chi connectivity index (χ3v) is 3.72. The van der Waals surface area contributed by atoms with Crippen molar-refractivity contribution in [2.45, 2.75) is 59.6 Å². The second-order valence-corrected chi connectivity index (χ2v) is 6.88. The van der Waals surface area contributed by atoms with Gasteiger partial charge in [0.25, 0.3) is 0 Å². The van der Waals surface area contributed by atoms with Gasteiger partial charge in [0, 0.05) is 30.4 Å². The lowest BCUT2D eigenvalue weighted by Crippen LogP contribution is -2.33. The molecular weight excluding hydrogens is 308 g/mol. The molecule has 7 nitrogen and oxygen atoms in total. The summed E-state index contributed by atoms with van der Waals surface area (Å²) in [5.41, 5.74) is 2.48. The molecule has 0 aromatic carbocycles. The number of carbonyl (C=O) groups is 1. The number of hydrogen-bond donors (Lipinski definition) is 1. The molecule has 1 amide bonds. The zero-order valence-electron chi connectivity index (χ0n) is 15.2. The van der Waals surface area contributed by atoms with Gasteiger partial charge >= 0.3 is 6.09 Å². The van der Waals surface area contributed by atoms with Crippen LogP contribution in [-0.2, 0) is 11.2 Å². The van der Waals surface area contributed by atoms with E-state index in [1.165, 1.54) is 0 Å². The highest BCUT2D eigenvalue weighted by molar-refractivity contribution is 5.67. The summed E-state index contributed by atoms with van der Waals surface area (Å²) in [5.74, 6) is 0.812. The van der Waals surface area contributed by atoms with Crippen molar-refractivity contribution < 1.29 is 14.1 Å². The van der Waals surface area contributed by atoms with Crippen molar-refractivity contribution in [3.05, 3.63) is 35.2 Å². The quantitative estimate of drug-likeness (QED) is 0.908. The molecule has 2 aromatic heterocycles. The average Bonchev–Trinajstić information content (AvgIpc) is 3.03. The molecule has 0 aliphatic carbocycles. The minimum atomic E-state index is -0.496. The van der Waals surface area contributed by atoms with E-state index >= 15 is 0 Å². The van der Waals surface area contributed by atoms with Crippen LogP contribution in [0.3, 0.4) is 0 Å². The normalized spacial score (nSPS) is 12.9. The Kier molecular flexibility index (Phi) is 5.31. The Balaban J connectivity index is 2.00. The molecular formula is C17H26N4O3. The number of nitrogens with one attached hydrogen (secondary N) is 1. The summed E-state index contributed by atoms with van der Waals surface area (Å²) in [7, 11) is 0. The van der Waals surface area contributed by atoms with E-state index in [9.17, 15) is 4.79 Å². The molecule has 0 aliphatic rings. The molecule has 0 bridgehead atoms. The lowest BCUT2D eigenvalue weighted by atomic mass is 10.1. The molecule has 0 radical (unpaired) electrons. The van der Waals surface area contributed by atoms with E-state index in [2.05, 4.69) is 26.9 Å². The Labute approximate surface area is 142 Å². The van der Waals surface area contributed by atoms with Crippen molar-refractivity contribution in [3.63, 3.8) is 0 Å². The Morgan fingerprint density at radius 3 is 2.71 bits per heavy atom. The Hall–Kier alpha value is -2.31. The number of carbonyl (C=O) groups excluding carboxylic acids is 1. The van der Waals surface area contributed by atoms with Gasteiger partial charge in [0.05, 0.1) is 18.1 Å². The first-order chi connectivity index (χ1) is 11.2. The van der Waals surface area contributed by atoms with Gasteiger partial charge in [-0.2, -0.15) is 0 Å². The van der Waals surface area contributed by atoms with Crippen LogP contribution in [0.25, 0.3) is 0 Å². The molecule has 0 spiro atoms. The summed E-state index contributed by atoms with van der Waals surface area (Å²) in [5, 5.41) is 6.78. The smallest absolute Gasteiger partial charge is 0.407 e. The van der Waals surface area contributed by atoms with Gasteiger partial charge < -0.3 is 19.1 Å². The number of alkyl carbamates (subject to hydrolysis) is 1. The van der Waals surface area contributed by atoms with Crippen LogP contribution in [0.1, 0.15) is 56.4 Å². The molecule has 2 heterocycles. The topological polar surface area (TPSA) is 82.2 Å². The lowest BCUT2D eigenvalue weighted by Gasteiger charge is -2.20.